The van der Waals surface area contributed by atoms with Crippen molar-refractivity contribution in [2.75, 3.05) is 7.11 Å². The Kier molecular flexibility index (Phi) is 4.77. The normalized spacial score (nSPS) is 10.4. The second-order valence-corrected chi connectivity index (χ2v) is 5.20. The van der Waals surface area contributed by atoms with Crippen molar-refractivity contribution >= 4 is 17.9 Å². The van der Waals surface area contributed by atoms with Crippen LogP contribution in [0.1, 0.15) is 16.2 Å². The number of hydrogen-bond acceptors (Lipinski definition) is 6. The molecular weight excluding hydrogens is 332 g/mol. The summed E-state index contributed by atoms with van der Waals surface area (Å²) < 4.78 is 16.4. The van der Waals surface area contributed by atoms with Gasteiger partial charge in [0.2, 0.25) is 5.89 Å². The molecule has 122 valence electrons. The van der Waals surface area contributed by atoms with Gasteiger partial charge < -0.3 is 13.9 Å². The molecule has 3 aromatic rings. The molecule has 0 aliphatic rings. The predicted octanol–water partition coefficient (Wildman–Crippen LogP) is 3.79. The van der Waals surface area contributed by atoms with Crippen LogP contribution in [0.5, 0.6) is 11.5 Å². The second-order valence-electron chi connectivity index (χ2n) is 4.80. The number of carbonyl (C=O) groups excluding carboxylic acids is 1. The smallest absolute Gasteiger partial charge is 0.254 e. The molecule has 1 heterocycles. The van der Waals surface area contributed by atoms with Crippen molar-refractivity contribution in [3.8, 4) is 23.0 Å². The van der Waals surface area contributed by atoms with E-state index in [9.17, 15) is 4.79 Å². The Balaban J connectivity index is 1.74. The first-order chi connectivity index (χ1) is 11.7. The number of hydrogen-bond donors (Lipinski definition) is 0. The molecule has 24 heavy (non-hydrogen) atoms. The number of aromatic nitrogens is 2. The van der Waals surface area contributed by atoms with Gasteiger partial charge in [0.1, 0.15) is 6.29 Å². The molecule has 1 aromatic heterocycles. The summed E-state index contributed by atoms with van der Waals surface area (Å²) in [4.78, 5) is 10.8. The van der Waals surface area contributed by atoms with Crippen molar-refractivity contribution < 1.29 is 18.7 Å². The topological polar surface area (TPSA) is 74.5 Å². The number of methoxy groups -OCH3 is 1. The van der Waals surface area contributed by atoms with E-state index in [-0.39, 0.29) is 6.61 Å². The summed E-state index contributed by atoms with van der Waals surface area (Å²) >= 11 is 6.11. The van der Waals surface area contributed by atoms with E-state index >= 15 is 0 Å². The van der Waals surface area contributed by atoms with E-state index in [1.54, 1.807) is 30.3 Å². The second kappa shape index (κ2) is 7.14. The lowest BCUT2D eigenvalue weighted by Gasteiger charge is -2.09. The SMILES string of the molecule is COc1cc(C=O)ccc1OCc1nnc(-c2ccccc2Cl)o1. The van der Waals surface area contributed by atoms with Gasteiger partial charge in [-0.05, 0) is 30.3 Å². The van der Waals surface area contributed by atoms with Crippen LogP contribution < -0.4 is 9.47 Å². The van der Waals surface area contributed by atoms with Crippen LogP contribution in [-0.4, -0.2) is 23.6 Å². The first-order valence-electron chi connectivity index (χ1n) is 7.04. The fourth-order valence-electron chi connectivity index (χ4n) is 2.07. The summed E-state index contributed by atoms with van der Waals surface area (Å²) in [5, 5.41) is 8.44. The molecule has 0 atom stereocenters. The highest BCUT2D eigenvalue weighted by Gasteiger charge is 2.13. The zero-order valence-electron chi connectivity index (χ0n) is 12.7. The van der Waals surface area contributed by atoms with Gasteiger partial charge in [-0.15, -0.1) is 10.2 Å². The van der Waals surface area contributed by atoms with E-state index in [0.717, 1.165) is 6.29 Å². The van der Waals surface area contributed by atoms with Gasteiger partial charge in [0, 0.05) is 5.56 Å². The molecule has 0 saturated carbocycles. The molecule has 0 unspecified atom stereocenters. The Morgan fingerprint density at radius 3 is 2.75 bits per heavy atom. The van der Waals surface area contributed by atoms with Crippen molar-refractivity contribution in [1.29, 1.82) is 0 Å². The van der Waals surface area contributed by atoms with Crippen LogP contribution in [0.3, 0.4) is 0 Å². The third-order valence-corrected chi connectivity index (χ3v) is 3.58. The van der Waals surface area contributed by atoms with E-state index in [4.69, 9.17) is 25.5 Å². The molecule has 7 heteroatoms. The van der Waals surface area contributed by atoms with Gasteiger partial charge in [-0.3, -0.25) is 4.79 Å². The Morgan fingerprint density at radius 2 is 2.00 bits per heavy atom. The van der Waals surface area contributed by atoms with E-state index in [1.807, 2.05) is 12.1 Å². The van der Waals surface area contributed by atoms with E-state index in [1.165, 1.54) is 7.11 Å². The number of benzene rings is 2. The fraction of sp³-hybridized carbons (Fsp3) is 0.118. The summed E-state index contributed by atoms with van der Waals surface area (Å²) in [6.45, 7) is 0.0637. The summed E-state index contributed by atoms with van der Waals surface area (Å²) in [6, 6.07) is 12.1. The van der Waals surface area contributed by atoms with Gasteiger partial charge >= 0.3 is 0 Å². The average molecular weight is 345 g/mol. The molecule has 0 spiro atoms. The van der Waals surface area contributed by atoms with Crippen LogP contribution in [0.4, 0.5) is 0 Å². The molecule has 3 rings (SSSR count). The van der Waals surface area contributed by atoms with Crippen LogP contribution in [0.15, 0.2) is 46.9 Å². The highest BCUT2D eigenvalue weighted by Crippen LogP contribution is 2.29. The Morgan fingerprint density at radius 1 is 1.17 bits per heavy atom. The van der Waals surface area contributed by atoms with Crippen LogP contribution >= 0.6 is 11.6 Å². The van der Waals surface area contributed by atoms with E-state index in [0.29, 0.717) is 39.4 Å². The average Bonchev–Trinajstić information content (AvgIpc) is 3.09. The molecule has 0 saturated heterocycles. The Labute approximate surface area is 143 Å². The Bertz CT molecular complexity index is 863. The van der Waals surface area contributed by atoms with Gasteiger partial charge in [0.25, 0.3) is 5.89 Å². The summed E-state index contributed by atoms with van der Waals surface area (Å²) in [7, 11) is 1.50. The van der Waals surface area contributed by atoms with Crippen molar-refractivity contribution in [2.24, 2.45) is 0 Å². The number of nitrogens with zero attached hydrogens (tertiary/aromatic N) is 2. The summed E-state index contributed by atoms with van der Waals surface area (Å²) in [5.41, 5.74) is 1.16. The largest absolute Gasteiger partial charge is 0.493 e. The predicted molar refractivity (Wildman–Crippen MR) is 87.5 cm³/mol. The van der Waals surface area contributed by atoms with Crippen LogP contribution in [0.2, 0.25) is 5.02 Å². The quantitative estimate of drug-likeness (QED) is 0.633. The van der Waals surface area contributed by atoms with Gasteiger partial charge in [0.15, 0.2) is 18.1 Å². The van der Waals surface area contributed by atoms with Crippen LogP contribution in [0.25, 0.3) is 11.5 Å². The lowest BCUT2D eigenvalue weighted by molar-refractivity contribution is 0.112. The van der Waals surface area contributed by atoms with Crippen LogP contribution in [-0.2, 0) is 6.61 Å². The van der Waals surface area contributed by atoms with Gasteiger partial charge in [-0.25, -0.2) is 0 Å². The number of ether oxygens (including phenoxy) is 2. The number of carbonyl (C=O) groups is 1. The molecule has 0 radical (unpaired) electrons. The van der Waals surface area contributed by atoms with Crippen molar-refractivity contribution in [3.63, 3.8) is 0 Å². The molecule has 0 amide bonds. The number of rotatable bonds is 6. The summed E-state index contributed by atoms with van der Waals surface area (Å²) in [6.07, 6.45) is 0.736. The minimum atomic E-state index is 0.0637. The maximum atomic E-state index is 10.8. The highest BCUT2D eigenvalue weighted by molar-refractivity contribution is 6.33. The minimum absolute atomic E-state index is 0.0637. The molecule has 2 aromatic carbocycles. The standard InChI is InChI=1S/C17H13ClN2O4/c1-22-15-8-11(9-21)6-7-14(15)23-10-16-19-20-17(24-16)12-4-2-3-5-13(12)18/h2-9H,10H2,1H3. The molecule has 6 nitrogen and oxygen atoms in total. The number of aldehydes is 1. The van der Waals surface area contributed by atoms with Crippen molar-refractivity contribution in [1.82, 2.24) is 10.2 Å². The molecule has 0 aliphatic heterocycles. The first kappa shape index (κ1) is 16.0. The van der Waals surface area contributed by atoms with Crippen LogP contribution in [0, 0.1) is 0 Å². The number of halogens is 1. The minimum Gasteiger partial charge on any atom is -0.493 e. The summed E-state index contributed by atoms with van der Waals surface area (Å²) in [5.74, 6) is 1.54. The van der Waals surface area contributed by atoms with Gasteiger partial charge in [0.05, 0.1) is 17.7 Å². The lowest BCUT2D eigenvalue weighted by atomic mass is 10.2. The molecular formula is C17H13ClN2O4. The Hall–Kier alpha value is -2.86. The monoisotopic (exact) mass is 344 g/mol. The maximum Gasteiger partial charge on any atom is 0.254 e. The van der Waals surface area contributed by atoms with Gasteiger partial charge in [-0.2, -0.15) is 0 Å². The first-order valence-corrected chi connectivity index (χ1v) is 7.42. The zero-order valence-corrected chi connectivity index (χ0v) is 13.5. The van der Waals surface area contributed by atoms with E-state index < -0.39 is 0 Å². The van der Waals surface area contributed by atoms with Crippen molar-refractivity contribution in [3.05, 3.63) is 58.9 Å². The van der Waals surface area contributed by atoms with Crippen molar-refractivity contribution in [2.45, 2.75) is 6.61 Å². The fourth-order valence-corrected chi connectivity index (χ4v) is 2.29. The van der Waals surface area contributed by atoms with E-state index in [2.05, 4.69) is 10.2 Å². The molecule has 0 N–H and O–H groups in total. The molecule has 0 bridgehead atoms. The lowest BCUT2D eigenvalue weighted by Crippen LogP contribution is -1.98. The molecule has 0 fully saturated rings. The highest BCUT2D eigenvalue weighted by atomic mass is 35.5. The third-order valence-electron chi connectivity index (χ3n) is 3.25. The third kappa shape index (κ3) is 3.38. The maximum absolute atomic E-state index is 10.8. The van der Waals surface area contributed by atoms with Gasteiger partial charge in [-0.1, -0.05) is 23.7 Å². The molecule has 0 aliphatic carbocycles. The zero-order chi connectivity index (χ0) is 16.9.